The highest BCUT2D eigenvalue weighted by molar-refractivity contribution is 9.11. The number of rotatable bonds is 12. The number of carbonyl (C=O) groups is 3. The lowest BCUT2D eigenvalue weighted by atomic mass is 9.85. The maximum atomic E-state index is 14.7. The number of nitrogens with one attached hydrogen (secondary N) is 1. The van der Waals surface area contributed by atoms with Crippen LogP contribution in [0, 0.1) is 97.4 Å². The van der Waals surface area contributed by atoms with E-state index in [-0.39, 0.29) is 49.4 Å². The van der Waals surface area contributed by atoms with Crippen LogP contribution >= 0.6 is 79.6 Å². The maximum absolute atomic E-state index is 14.7. The van der Waals surface area contributed by atoms with Crippen molar-refractivity contribution in [2.75, 3.05) is 6.61 Å². The van der Waals surface area contributed by atoms with Crippen molar-refractivity contribution in [1.29, 1.82) is 26.3 Å². The average Bonchev–Trinajstić information content (AvgIpc) is 1.70. The van der Waals surface area contributed by atoms with Gasteiger partial charge in [0.15, 0.2) is 6.29 Å². The molecule has 0 atom stereocenters. The summed E-state index contributed by atoms with van der Waals surface area (Å²) in [6, 6.07) is 37.4. The number of hydrogen-bond acceptors (Lipinski definition) is 13. The number of amides is 1. The van der Waals surface area contributed by atoms with Crippen LogP contribution in [0.25, 0.3) is 27.2 Å². The molecule has 0 bridgehead atoms. The van der Waals surface area contributed by atoms with Crippen LogP contribution in [0.2, 0.25) is 0 Å². The molecule has 0 saturated carbocycles. The minimum atomic E-state index is -1.34. The number of carbonyl (C=O) groups excluding carboxylic acids is 2. The molecule has 0 radical (unpaired) electrons. The molecule has 1 amide bonds. The van der Waals surface area contributed by atoms with E-state index in [2.05, 4.69) is 109 Å². The summed E-state index contributed by atoms with van der Waals surface area (Å²) in [6.07, 6.45) is 5.24. The Bertz CT molecular complexity index is 5160. The van der Waals surface area contributed by atoms with Crippen LogP contribution in [0.5, 0.6) is 0 Å². The zero-order chi connectivity index (χ0) is 84.4. The number of aldehydes is 1. The second kappa shape index (κ2) is 39.1. The van der Waals surface area contributed by atoms with Crippen molar-refractivity contribution in [2.45, 2.75) is 142 Å². The average molecular weight is 1850 g/mol. The number of pyridine rings is 2. The molecule has 1 aliphatic heterocycles. The first-order valence-corrected chi connectivity index (χ1v) is 37.0. The summed E-state index contributed by atoms with van der Waals surface area (Å²) in [6.45, 7) is 27.6. The first-order valence-electron chi connectivity index (χ1n) is 33.1. The van der Waals surface area contributed by atoms with E-state index < -0.39 is 90.5 Å². The van der Waals surface area contributed by atoms with Gasteiger partial charge in [0.1, 0.15) is 46.3 Å². The maximum Gasteiger partial charge on any atom is 0.490 e. The smallest absolute Gasteiger partial charge is 0.490 e. The number of nitrogens with zero attached hydrogens (tertiary/aromatic N) is 6. The van der Waals surface area contributed by atoms with Gasteiger partial charge < -0.3 is 29.9 Å². The van der Waals surface area contributed by atoms with E-state index in [9.17, 15) is 60.0 Å². The van der Waals surface area contributed by atoms with E-state index in [1.165, 1.54) is 65.5 Å². The number of benzene rings is 7. The second-order valence-corrected chi connectivity index (χ2v) is 32.5. The Hall–Kier alpha value is -9.55. The second-order valence-electron chi connectivity index (χ2n) is 28.1. The standard InChI is InChI=1S/C20H14BrFN2O2.C13H11FN2O.C11H10BrFN2O.C11H9BrFNO2.C10H19BO3.C10H9BrFN.C6H3BrF2/c1-20(2,11-23)13-8-12-6-7-24(19(26)18(12)16(22)9-13)17-5-3-4-15(21)14(17)10-25;1-13(2,7-15)9-5-8-3-4-16-12(17)11(8)10(14)6-9;2*1-11(2,5-14)6-3-7(12)9(10(15)16)8(13)4-6;1-6-12-8-7-11-13-9(2,3)10(4,5)14-11;1-10(2,6-13)7-3-8(11)5-9(12)4-7;7-4-1-5(8)3-6(9)2-4/h3-10H,1-2H3;3-6H,1-2H3,(H,16,17);3-4H,1-2H3,(H2,15,16);3-4H,1-2H3,(H,15,16);7-8H,6H2,1-5H3;3-5H,1-2H3;1-3H/b;;;;8-7+;;. The summed E-state index contributed by atoms with van der Waals surface area (Å²) in [7, 11) is -0.299. The molecule has 30 heteroatoms. The van der Waals surface area contributed by atoms with Gasteiger partial charge in [-0.3, -0.25) is 23.7 Å². The number of halogens is 12. The van der Waals surface area contributed by atoms with Crippen LogP contribution in [0.4, 0.5) is 30.7 Å². The zero-order valence-electron chi connectivity index (χ0n) is 62.7. The first-order chi connectivity index (χ1) is 51.4. The molecule has 0 spiro atoms. The van der Waals surface area contributed by atoms with Crippen molar-refractivity contribution >= 4 is 126 Å². The van der Waals surface area contributed by atoms with Gasteiger partial charge in [0.25, 0.3) is 17.0 Å². The van der Waals surface area contributed by atoms with Crippen molar-refractivity contribution in [2.24, 2.45) is 5.73 Å². The first kappa shape index (κ1) is 93.8. The van der Waals surface area contributed by atoms with E-state index in [1.54, 1.807) is 130 Å². The predicted molar refractivity (Wildman–Crippen MR) is 429 cm³/mol. The molecule has 4 N–H and O–H groups in total. The molecule has 9 aromatic rings. The lowest BCUT2D eigenvalue weighted by Gasteiger charge is -2.32. The number of hydrogen-bond donors (Lipinski definition) is 3. The fourth-order valence-corrected chi connectivity index (χ4v) is 12.2. The van der Waals surface area contributed by atoms with Crippen LogP contribution in [-0.4, -0.2) is 57.7 Å². The van der Waals surface area contributed by atoms with Crippen LogP contribution in [0.15, 0.2) is 172 Å². The van der Waals surface area contributed by atoms with Crippen LogP contribution in [-0.2, 0) is 41.1 Å². The van der Waals surface area contributed by atoms with E-state index in [1.807, 2.05) is 40.7 Å². The van der Waals surface area contributed by atoms with E-state index >= 15 is 0 Å². The van der Waals surface area contributed by atoms with Gasteiger partial charge in [0.2, 0.25) is 0 Å². The molecule has 0 unspecified atom stereocenters. The summed E-state index contributed by atoms with van der Waals surface area (Å²) in [4.78, 5) is 59.9. The van der Waals surface area contributed by atoms with E-state index in [0.717, 1.165) is 18.2 Å². The van der Waals surface area contributed by atoms with E-state index in [0.29, 0.717) is 76.2 Å². The number of H-pyrrole nitrogens is 1. The van der Waals surface area contributed by atoms with Gasteiger partial charge in [0, 0.05) is 40.8 Å². The Kier molecular flexibility index (Phi) is 33.0. The highest BCUT2D eigenvalue weighted by Crippen LogP contribution is 2.38. The molecule has 0 aliphatic carbocycles. The van der Waals surface area contributed by atoms with E-state index in [4.69, 9.17) is 45.9 Å². The molecule has 3 heterocycles. The molecule has 111 heavy (non-hydrogen) atoms. The SMILES string of the molecule is CC(C)(C#N)c1cc(F)c(C(=O)O)c(Br)c1.CC(C)(C#N)c1cc(F)c(C(N)=O)c(Br)c1.CC(C)(C#N)c1cc(F)c2c(=O)[nH]ccc2c1.CC(C)(C#N)c1cc(F)c2c(=O)n(-c3cccc(Br)c3C=O)ccc2c1.CC(C)(C#N)c1cc(F)cc(Br)c1.CCO/C=C/B1OC(C)(C)C(C)(C)O1.Fc1cc(F)cc(Br)c1. The number of nitriles is 5. The van der Waals surface area contributed by atoms with Gasteiger partial charge in [-0.15, -0.1) is 0 Å². The van der Waals surface area contributed by atoms with Gasteiger partial charge in [-0.05, 0) is 299 Å². The van der Waals surface area contributed by atoms with Gasteiger partial charge in [0.05, 0.1) is 109 Å². The number of ether oxygens (including phenoxy) is 1. The van der Waals surface area contributed by atoms with Gasteiger partial charge >= 0.3 is 13.1 Å². The van der Waals surface area contributed by atoms with Crippen molar-refractivity contribution in [3.8, 4) is 36.0 Å². The molecular formula is C81H75BBr5F7N8O9. The lowest BCUT2D eigenvalue weighted by molar-refractivity contribution is 0.00578. The molecule has 2 aromatic heterocycles. The number of aromatic nitrogens is 2. The van der Waals surface area contributed by atoms with Crippen molar-refractivity contribution in [3.05, 3.63) is 268 Å². The van der Waals surface area contributed by atoms with Gasteiger partial charge in [-0.2, -0.15) is 26.3 Å². The Morgan fingerprint density at radius 3 is 1.35 bits per heavy atom. The topological polar surface area (TPSA) is 299 Å². The lowest BCUT2D eigenvalue weighted by Crippen LogP contribution is -2.41. The third-order valence-corrected chi connectivity index (χ3v) is 20.1. The van der Waals surface area contributed by atoms with Gasteiger partial charge in [-0.1, -0.05) is 37.9 Å². The monoisotopic (exact) mass is 1840 g/mol. The number of nitrogens with two attached hydrogens (primary N) is 1. The molecule has 1 fully saturated rings. The molecule has 580 valence electrons. The Morgan fingerprint density at radius 1 is 0.559 bits per heavy atom. The van der Waals surface area contributed by atoms with Crippen molar-refractivity contribution < 1.29 is 64.3 Å². The largest absolute Gasteiger partial charge is 0.502 e. The third-order valence-electron chi connectivity index (χ3n) is 17.2. The summed E-state index contributed by atoms with van der Waals surface area (Å²) in [5.41, 5.74) is 2.21. The molecular weight excluding hydrogens is 1770 g/mol. The third kappa shape index (κ3) is 24.7. The Morgan fingerprint density at radius 2 is 0.955 bits per heavy atom. The summed E-state index contributed by atoms with van der Waals surface area (Å²) < 4.78 is 113. The summed E-state index contributed by atoms with van der Waals surface area (Å²) in [5, 5.41) is 54.6. The van der Waals surface area contributed by atoms with Gasteiger partial charge in [-0.25, -0.2) is 35.5 Å². The van der Waals surface area contributed by atoms with Crippen LogP contribution < -0.4 is 16.9 Å². The number of fused-ring (bicyclic) bond motifs is 2. The quantitative estimate of drug-likeness (QED) is 0.0443. The summed E-state index contributed by atoms with van der Waals surface area (Å²) >= 11 is 15.5. The highest BCUT2D eigenvalue weighted by Gasteiger charge is 2.50. The molecule has 10 rings (SSSR count). The molecule has 7 aromatic carbocycles. The number of aromatic amines is 1. The summed E-state index contributed by atoms with van der Waals surface area (Å²) in [5.74, 6) is -4.71. The minimum absolute atomic E-state index is 0.0324. The van der Waals surface area contributed by atoms with Crippen LogP contribution in [0.1, 0.15) is 163 Å². The Labute approximate surface area is 680 Å². The minimum Gasteiger partial charge on any atom is -0.502 e. The number of carboxylic acids is 1. The Balaban J connectivity index is 0.000000279. The fraction of sp³-hybridized carbons (Fsp3) is 0.284. The predicted octanol–water partition coefficient (Wildman–Crippen LogP) is 20.8. The molecule has 17 nitrogen and oxygen atoms in total. The van der Waals surface area contributed by atoms with Crippen LogP contribution in [0.3, 0.4) is 0 Å². The highest BCUT2D eigenvalue weighted by atomic mass is 79.9. The normalized spacial score (nSPS) is 12.7. The van der Waals surface area contributed by atoms with Crippen molar-refractivity contribution in [3.63, 3.8) is 0 Å². The number of carboxylic acid groups (broad SMARTS) is 1. The van der Waals surface area contributed by atoms with Crippen molar-refractivity contribution in [1.82, 2.24) is 9.55 Å². The number of aromatic carboxylic acids is 1. The molecule has 1 aliphatic rings. The number of primary amides is 1. The zero-order valence-corrected chi connectivity index (χ0v) is 70.6. The fourth-order valence-electron chi connectivity index (χ4n) is 9.62. The molecule has 1 saturated heterocycles.